The summed E-state index contributed by atoms with van der Waals surface area (Å²) in [5.74, 6) is 0. The quantitative estimate of drug-likeness (QED) is 0.868. The van der Waals surface area contributed by atoms with Crippen LogP contribution < -0.4 is 10.6 Å². The molecule has 88 valence electrons. The van der Waals surface area contributed by atoms with E-state index in [0.717, 1.165) is 31.1 Å². The number of hydrogen-bond donors (Lipinski definition) is 2. The number of benzene rings is 1. The van der Waals surface area contributed by atoms with E-state index in [9.17, 15) is 0 Å². The van der Waals surface area contributed by atoms with Crippen LogP contribution in [0.5, 0.6) is 0 Å². The standard InChI is InChI=1S/C13H15N3S/c1-2-11-3-4-15-12(11)7-10(1)8-14-9-13-16-5-6-17-13/h1-2,5-7,14-15H,3-4,8-9H2. The van der Waals surface area contributed by atoms with Crippen LogP contribution >= 0.6 is 11.3 Å². The van der Waals surface area contributed by atoms with Gasteiger partial charge in [0, 0.05) is 36.9 Å². The van der Waals surface area contributed by atoms with Crippen molar-refractivity contribution in [1.82, 2.24) is 10.3 Å². The molecule has 1 aromatic carbocycles. The Morgan fingerprint density at radius 3 is 3.24 bits per heavy atom. The van der Waals surface area contributed by atoms with Crippen molar-refractivity contribution in [3.8, 4) is 0 Å². The number of thiazole rings is 1. The minimum Gasteiger partial charge on any atom is -0.384 e. The second-order valence-electron chi connectivity index (χ2n) is 4.20. The third-order valence-corrected chi connectivity index (χ3v) is 3.75. The molecule has 0 bridgehead atoms. The van der Waals surface area contributed by atoms with E-state index in [4.69, 9.17) is 0 Å². The van der Waals surface area contributed by atoms with E-state index < -0.39 is 0 Å². The topological polar surface area (TPSA) is 37.0 Å². The molecule has 3 nitrogen and oxygen atoms in total. The molecule has 2 N–H and O–H groups in total. The lowest BCUT2D eigenvalue weighted by Gasteiger charge is -2.06. The lowest BCUT2D eigenvalue weighted by atomic mass is 10.1. The van der Waals surface area contributed by atoms with Gasteiger partial charge >= 0.3 is 0 Å². The Morgan fingerprint density at radius 1 is 1.35 bits per heavy atom. The minimum absolute atomic E-state index is 0.849. The fraction of sp³-hybridized carbons (Fsp3) is 0.308. The van der Waals surface area contributed by atoms with Crippen molar-refractivity contribution in [1.29, 1.82) is 0 Å². The molecule has 3 rings (SSSR count). The highest BCUT2D eigenvalue weighted by atomic mass is 32.1. The van der Waals surface area contributed by atoms with Crippen molar-refractivity contribution in [2.45, 2.75) is 19.5 Å². The molecule has 0 atom stereocenters. The Morgan fingerprint density at radius 2 is 2.35 bits per heavy atom. The zero-order valence-corrected chi connectivity index (χ0v) is 10.4. The molecule has 0 aliphatic carbocycles. The van der Waals surface area contributed by atoms with Crippen LogP contribution in [0.4, 0.5) is 5.69 Å². The van der Waals surface area contributed by atoms with E-state index in [1.165, 1.54) is 16.8 Å². The van der Waals surface area contributed by atoms with Gasteiger partial charge in [-0.2, -0.15) is 0 Å². The number of aromatic nitrogens is 1. The van der Waals surface area contributed by atoms with Crippen molar-refractivity contribution >= 4 is 17.0 Å². The molecule has 0 unspecified atom stereocenters. The summed E-state index contributed by atoms with van der Waals surface area (Å²) in [5, 5.41) is 9.97. The van der Waals surface area contributed by atoms with Gasteiger partial charge < -0.3 is 10.6 Å². The number of nitrogens with zero attached hydrogens (tertiary/aromatic N) is 1. The van der Waals surface area contributed by atoms with Crippen molar-refractivity contribution < 1.29 is 0 Å². The van der Waals surface area contributed by atoms with Gasteiger partial charge in [-0.15, -0.1) is 11.3 Å². The van der Waals surface area contributed by atoms with Crippen LogP contribution in [0.2, 0.25) is 0 Å². The summed E-state index contributed by atoms with van der Waals surface area (Å²) in [4.78, 5) is 4.25. The molecule has 0 saturated carbocycles. The molecule has 17 heavy (non-hydrogen) atoms. The first-order valence-electron chi connectivity index (χ1n) is 5.86. The number of fused-ring (bicyclic) bond motifs is 1. The molecule has 0 amide bonds. The molecule has 1 aliphatic rings. The second kappa shape index (κ2) is 4.85. The molecule has 2 aromatic rings. The average molecular weight is 245 g/mol. The van der Waals surface area contributed by atoms with Crippen LogP contribution in [0.1, 0.15) is 16.1 Å². The van der Waals surface area contributed by atoms with E-state index in [-0.39, 0.29) is 0 Å². The third-order valence-electron chi connectivity index (χ3n) is 2.97. The maximum absolute atomic E-state index is 4.25. The average Bonchev–Trinajstić information content (AvgIpc) is 2.98. The summed E-state index contributed by atoms with van der Waals surface area (Å²) in [6.07, 6.45) is 3.00. The van der Waals surface area contributed by atoms with Gasteiger partial charge in [0.05, 0.1) is 0 Å². The summed E-state index contributed by atoms with van der Waals surface area (Å²) in [6, 6.07) is 6.69. The van der Waals surface area contributed by atoms with Crippen LogP contribution in [0.3, 0.4) is 0 Å². The zero-order chi connectivity index (χ0) is 11.5. The van der Waals surface area contributed by atoms with Crippen LogP contribution in [-0.2, 0) is 19.5 Å². The largest absolute Gasteiger partial charge is 0.384 e. The highest BCUT2D eigenvalue weighted by Gasteiger charge is 2.09. The fourth-order valence-electron chi connectivity index (χ4n) is 2.10. The lowest BCUT2D eigenvalue weighted by molar-refractivity contribution is 0.690. The highest BCUT2D eigenvalue weighted by molar-refractivity contribution is 7.09. The van der Waals surface area contributed by atoms with Crippen LogP contribution in [0.25, 0.3) is 0 Å². The number of nitrogens with one attached hydrogen (secondary N) is 2. The maximum Gasteiger partial charge on any atom is 0.106 e. The molecule has 1 aromatic heterocycles. The van der Waals surface area contributed by atoms with E-state index in [1.807, 2.05) is 11.6 Å². The zero-order valence-electron chi connectivity index (χ0n) is 9.57. The van der Waals surface area contributed by atoms with Crippen LogP contribution in [0, 0.1) is 0 Å². The predicted octanol–water partition coefficient (Wildman–Crippen LogP) is 2.40. The summed E-state index contributed by atoms with van der Waals surface area (Å²) in [7, 11) is 0. The van der Waals surface area contributed by atoms with Gasteiger partial charge in [-0.3, -0.25) is 0 Å². The van der Waals surface area contributed by atoms with Crippen molar-refractivity contribution in [2.24, 2.45) is 0 Å². The Balaban J connectivity index is 1.58. The van der Waals surface area contributed by atoms with Crippen molar-refractivity contribution in [3.05, 3.63) is 45.9 Å². The number of hydrogen-bond acceptors (Lipinski definition) is 4. The monoisotopic (exact) mass is 245 g/mol. The fourth-order valence-corrected chi connectivity index (χ4v) is 2.69. The van der Waals surface area contributed by atoms with Gasteiger partial charge in [-0.25, -0.2) is 4.98 Å². The van der Waals surface area contributed by atoms with Gasteiger partial charge in [0.2, 0.25) is 0 Å². The lowest BCUT2D eigenvalue weighted by Crippen LogP contribution is -2.12. The first-order chi connectivity index (χ1) is 8.42. The van der Waals surface area contributed by atoms with Crippen molar-refractivity contribution in [2.75, 3.05) is 11.9 Å². The van der Waals surface area contributed by atoms with Gasteiger partial charge in [-0.05, 0) is 23.6 Å². The van der Waals surface area contributed by atoms with Gasteiger partial charge in [-0.1, -0.05) is 12.1 Å². The summed E-state index contributed by atoms with van der Waals surface area (Å²) >= 11 is 1.69. The minimum atomic E-state index is 0.849. The molecule has 1 aliphatic heterocycles. The molecule has 4 heteroatoms. The van der Waals surface area contributed by atoms with E-state index >= 15 is 0 Å². The molecule has 0 spiro atoms. The Hall–Kier alpha value is -1.39. The number of rotatable bonds is 4. The predicted molar refractivity (Wildman–Crippen MR) is 71.3 cm³/mol. The first-order valence-corrected chi connectivity index (χ1v) is 6.74. The van der Waals surface area contributed by atoms with Crippen LogP contribution in [0.15, 0.2) is 29.8 Å². The third kappa shape index (κ3) is 2.48. The van der Waals surface area contributed by atoms with Gasteiger partial charge in [0.1, 0.15) is 5.01 Å². The normalized spacial score (nSPS) is 13.4. The molecular weight excluding hydrogens is 230 g/mol. The Kier molecular flexibility index (Phi) is 3.07. The first kappa shape index (κ1) is 10.7. The van der Waals surface area contributed by atoms with Gasteiger partial charge in [0.25, 0.3) is 0 Å². The highest BCUT2D eigenvalue weighted by Crippen LogP contribution is 2.23. The van der Waals surface area contributed by atoms with Gasteiger partial charge in [0.15, 0.2) is 0 Å². The smallest absolute Gasteiger partial charge is 0.106 e. The Labute approximate surface area is 105 Å². The summed E-state index contributed by atoms with van der Waals surface area (Å²) < 4.78 is 0. The number of anilines is 1. The van der Waals surface area contributed by atoms with Crippen LogP contribution in [-0.4, -0.2) is 11.5 Å². The maximum atomic E-state index is 4.25. The second-order valence-corrected chi connectivity index (χ2v) is 5.18. The van der Waals surface area contributed by atoms with E-state index in [1.54, 1.807) is 11.3 Å². The molecule has 0 saturated heterocycles. The van der Waals surface area contributed by atoms with Crippen molar-refractivity contribution in [3.63, 3.8) is 0 Å². The molecule has 0 fully saturated rings. The van der Waals surface area contributed by atoms with E-state index in [2.05, 4.69) is 33.8 Å². The Bertz CT molecular complexity index is 493. The molecular formula is C13H15N3S. The summed E-state index contributed by atoms with van der Waals surface area (Å²) in [5.41, 5.74) is 4.07. The SMILES string of the molecule is c1csc(CNCc2ccc3c(c2)NCC3)n1. The van der Waals surface area contributed by atoms with E-state index in [0.29, 0.717) is 0 Å². The summed E-state index contributed by atoms with van der Waals surface area (Å²) in [6.45, 7) is 2.82. The molecule has 2 heterocycles. The molecule has 0 radical (unpaired) electrons.